The van der Waals surface area contributed by atoms with Gasteiger partial charge in [-0.3, -0.25) is 0 Å². The van der Waals surface area contributed by atoms with E-state index in [1.165, 1.54) is 26.3 Å². The first-order valence-electron chi connectivity index (χ1n) is 8.89. The Hall–Kier alpha value is -2.41. The number of thiophene rings is 2. The van der Waals surface area contributed by atoms with E-state index in [-0.39, 0.29) is 11.4 Å². The van der Waals surface area contributed by atoms with Crippen LogP contribution in [0.2, 0.25) is 0 Å². The summed E-state index contributed by atoms with van der Waals surface area (Å²) in [5.41, 5.74) is 2.45. The fourth-order valence-electron chi connectivity index (χ4n) is 4.06. The molecule has 4 aromatic rings. The lowest BCUT2D eigenvalue weighted by Crippen LogP contribution is -3.12. The maximum absolute atomic E-state index is 12.1. The topological polar surface area (TPSA) is 54.9 Å². The molecule has 0 fully saturated rings. The Morgan fingerprint density at radius 2 is 2.07 bits per heavy atom. The van der Waals surface area contributed by atoms with Crippen molar-refractivity contribution in [2.45, 2.75) is 19.0 Å². The van der Waals surface area contributed by atoms with E-state index in [0.717, 1.165) is 30.5 Å². The van der Waals surface area contributed by atoms with Gasteiger partial charge in [0.15, 0.2) is 0 Å². The highest BCUT2D eigenvalue weighted by molar-refractivity contribution is 7.10. The first-order chi connectivity index (χ1) is 13.2. The van der Waals surface area contributed by atoms with E-state index in [1.807, 2.05) is 17.4 Å². The molecule has 4 nitrogen and oxygen atoms in total. The van der Waals surface area contributed by atoms with Gasteiger partial charge < -0.3 is 14.4 Å². The fourth-order valence-corrected chi connectivity index (χ4v) is 5.88. The van der Waals surface area contributed by atoms with Gasteiger partial charge in [-0.2, -0.15) is 0 Å². The minimum Gasteiger partial charge on any atom is -0.508 e. The van der Waals surface area contributed by atoms with Crippen molar-refractivity contribution in [1.29, 1.82) is 0 Å². The number of fused-ring (bicyclic) bond motifs is 2. The van der Waals surface area contributed by atoms with E-state index >= 15 is 0 Å². The summed E-state index contributed by atoms with van der Waals surface area (Å²) < 4.78 is 5.29. The van der Waals surface area contributed by atoms with Crippen LogP contribution < -0.4 is 10.5 Å². The van der Waals surface area contributed by atoms with Crippen molar-refractivity contribution in [3.63, 3.8) is 0 Å². The summed E-state index contributed by atoms with van der Waals surface area (Å²) in [5.74, 6) is 0.104. The molecule has 0 amide bonds. The van der Waals surface area contributed by atoms with Crippen LogP contribution in [0, 0.1) is 0 Å². The van der Waals surface area contributed by atoms with Crippen LogP contribution in [0.15, 0.2) is 62.4 Å². The van der Waals surface area contributed by atoms with Gasteiger partial charge in [0.1, 0.15) is 23.9 Å². The molecule has 3 aromatic heterocycles. The molecule has 136 valence electrons. The molecule has 1 aliphatic rings. The largest absolute Gasteiger partial charge is 0.508 e. The molecule has 0 radical (unpaired) electrons. The molecule has 2 N–H and O–H groups in total. The molecule has 0 bridgehead atoms. The van der Waals surface area contributed by atoms with Crippen molar-refractivity contribution in [2.24, 2.45) is 0 Å². The Balaban J connectivity index is 1.59. The van der Waals surface area contributed by atoms with E-state index in [1.54, 1.807) is 23.5 Å². The molecule has 27 heavy (non-hydrogen) atoms. The third kappa shape index (κ3) is 3.00. The van der Waals surface area contributed by atoms with Crippen molar-refractivity contribution in [3.8, 4) is 5.75 Å². The van der Waals surface area contributed by atoms with Crippen LogP contribution >= 0.6 is 22.7 Å². The number of nitrogens with one attached hydrogen (secondary N) is 1. The second-order valence-corrected chi connectivity index (χ2v) is 8.83. The normalized spacial score (nSPS) is 19.3. The Labute approximate surface area is 163 Å². The zero-order valence-electron chi connectivity index (χ0n) is 14.5. The first kappa shape index (κ1) is 16.7. The number of hydrogen-bond acceptors (Lipinski definition) is 5. The van der Waals surface area contributed by atoms with Crippen molar-refractivity contribution in [1.82, 2.24) is 0 Å². The van der Waals surface area contributed by atoms with Gasteiger partial charge in [0.05, 0.1) is 11.4 Å². The third-order valence-electron chi connectivity index (χ3n) is 5.23. The fraction of sp³-hybridized carbons (Fsp3) is 0.190. The van der Waals surface area contributed by atoms with Crippen LogP contribution in [0.25, 0.3) is 11.0 Å². The van der Waals surface area contributed by atoms with Gasteiger partial charge in [0.25, 0.3) is 0 Å². The van der Waals surface area contributed by atoms with Gasteiger partial charge in [-0.05, 0) is 35.0 Å². The van der Waals surface area contributed by atoms with Crippen LogP contribution in [0.3, 0.4) is 0 Å². The summed E-state index contributed by atoms with van der Waals surface area (Å²) in [6, 6.07) is 13.4. The van der Waals surface area contributed by atoms with Gasteiger partial charge in [-0.15, -0.1) is 22.7 Å². The first-order valence-corrected chi connectivity index (χ1v) is 10.6. The van der Waals surface area contributed by atoms with Gasteiger partial charge in [-0.25, -0.2) is 4.79 Å². The van der Waals surface area contributed by atoms with E-state index in [4.69, 9.17) is 4.42 Å². The van der Waals surface area contributed by atoms with E-state index < -0.39 is 0 Å². The Morgan fingerprint density at radius 3 is 2.93 bits per heavy atom. The molecule has 1 aliphatic heterocycles. The number of rotatable bonds is 3. The third-order valence-corrected chi connectivity index (χ3v) is 7.16. The van der Waals surface area contributed by atoms with Crippen molar-refractivity contribution < 1.29 is 14.4 Å². The Morgan fingerprint density at radius 1 is 1.15 bits per heavy atom. The van der Waals surface area contributed by atoms with Gasteiger partial charge in [0, 0.05) is 39.9 Å². The van der Waals surface area contributed by atoms with E-state index in [2.05, 4.69) is 29.0 Å². The van der Waals surface area contributed by atoms with E-state index in [9.17, 15) is 9.90 Å². The Kier molecular flexibility index (Phi) is 4.11. The second-order valence-electron chi connectivity index (χ2n) is 6.85. The molecule has 6 heteroatoms. The summed E-state index contributed by atoms with van der Waals surface area (Å²) in [5, 5.41) is 14.9. The Bertz CT molecular complexity index is 1160. The monoisotopic (exact) mass is 396 g/mol. The highest BCUT2D eigenvalue weighted by Crippen LogP contribution is 2.32. The van der Waals surface area contributed by atoms with Crippen LogP contribution in [-0.4, -0.2) is 11.7 Å². The number of benzene rings is 1. The number of quaternary nitrogens is 1. The number of phenolic OH excluding ortho intramolecular Hbond substituents is 1. The molecule has 0 aliphatic carbocycles. The van der Waals surface area contributed by atoms with Gasteiger partial charge >= 0.3 is 5.63 Å². The van der Waals surface area contributed by atoms with Crippen molar-refractivity contribution >= 4 is 33.6 Å². The smallest absolute Gasteiger partial charge is 0.336 e. The zero-order valence-corrected chi connectivity index (χ0v) is 16.1. The highest BCUT2D eigenvalue weighted by Gasteiger charge is 2.34. The number of phenols is 1. The maximum atomic E-state index is 12.1. The predicted octanol–water partition coefficient (Wildman–Crippen LogP) is 3.35. The molecule has 0 saturated carbocycles. The lowest BCUT2D eigenvalue weighted by molar-refractivity contribution is -0.940. The minimum atomic E-state index is -0.372. The highest BCUT2D eigenvalue weighted by atomic mass is 32.1. The maximum Gasteiger partial charge on any atom is 0.336 e. The van der Waals surface area contributed by atoms with Crippen LogP contribution in [0.1, 0.15) is 26.9 Å². The molecule has 1 aromatic carbocycles. The lowest BCUT2D eigenvalue weighted by Gasteiger charge is -2.32. The summed E-state index contributed by atoms with van der Waals surface area (Å²) in [6.07, 6.45) is 1.06. The quantitative estimate of drug-likeness (QED) is 0.522. The molecule has 2 atom stereocenters. The molecule has 1 unspecified atom stereocenters. The summed E-state index contributed by atoms with van der Waals surface area (Å²) in [7, 11) is 0. The molecular formula is C21H18NO3S2+. The SMILES string of the molecule is O=c1cc(C[NH+]2CCc3sccc3[C@@H]2c2cccs2)c2ccc(O)cc2o1. The van der Waals surface area contributed by atoms with Crippen molar-refractivity contribution in [2.75, 3.05) is 6.54 Å². The average molecular weight is 397 g/mol. The second kappa shape index (κ2) is 6.64. The molecular weight excluding hydrogens is 378 g/mol. The predicted molar refractivity (Wildman–Crippen MR) is 108 cm³/mol. The average Bonchev–Trinajstić information content (AvgIpc) is 3.32. The summed E-state index contributed by atoms with van der Waals surface area (Å²) in [4.78, 5) is 16.3. The van der Waals surface area contributed by atoms with Crippen molar-refractivity contribution in [3.05, 3.63) is 84.5 Å². The summed E-state index contributed by atoms with van der Waals surface area (Å²) >= 11 is 3.63. The number of aromatic hydroxyl groups is 1. The van der Waals surface area contributed by atoms with Crippen LogP contribution in [0.5, 0.6) is 5.75 Å². The van der Waals surface area contributed by atoms with Gasteiger partial charge in [-0.1, -0.05) is 6.07 Å². The zero-order chi connectivity index (χ0) is 18.4. The van der Waals surface area contributed by atoms with Gasteiger partial charge in [0.2, 0.25) is 0 Å². The molecule has 5 rings (SSSR count). The molecule has 4 heterocycles. The standard InChI is InChI=1S/C21H17NO3S2/c23-14-3-4-15-13(10-20(24)25-17(15)11-14)12-22-7-5-18-16(6-9-27-18)21(22)19-2-1-8-26-19/h1-4,6,8-11,21,23H,5,7,12H2/p+1/t21-/m1/s1. The molecule has 0 spiro atoms. The van der Waals surface area contributed by atoms with E-state index in [0.29, 0.717) is 11.6 Å². The van der Waals surface area contributed by atoms with Crippen LogP contribution in [0.4, 0.5) is 0 Å². The van der Waals surface area contributed by atoms with Crippen LogP contribution in [-0.2, 0) is 13.0 Å². The lowest BCUT2D eigenvalue weighted by atomic mass is 9.97. The molecule has 0 saturated heterocycles. The number of hydrogen-bond donors (Lipinski definition) is 2. The summed E-state index contributed by atoms with van der Waals surface area (Å²) in [6.45, 7) is 1.76. The minimum absolute atomic E-state index is 0.104.